The van der Waals surface area contributed by atoms with Crippen molar-refractivity contribution in [2.45, 2.75) is 18.9 Å². The molecule has 0 aliphatic carbocycles. The molecule has 1 fully saturated rings. The summed E-state index contributed by atoms with van der Waals surface area (Å²) in [4.78, 5) is 8.25. The fraction of sp³-hybridized carbons (Fsp3) is 0.600. The summed E-state index contributed by atoms with van der Waals surface area (Å²) in [7, 11) is 0. The Morgan fingerprint density at radius 2 is 2.53 bits per heavy atom. The Morgan fingerprint density at radius 3 is 3.20 bits per heavy atom. The van der Waals surface area contributed by atoms with E-state index in [4.69, 9.17) is 4.74 Å². The molecular weight excluding hydrogens is 194 g/mol. The van der Waals surface area contributed by atoms with E-state index in [0.29, 0.717) is 32.1 Å². The van der Waals surface area contributed by atoms with Gasteiger partial charge < -0.3 is 15.2 Å². The molecule has 1 aliphatic rings. The monoisotopic (exact) mass is 209 g/mol. The standard InChI is InChI=1S/C10H15N3O2/c1-8-2-4-11-9(13-8)12-6-10(14)3-5-15-7-10/h2,4,14H,3,5-7H2,1H3,(H,11,12,13). The molecule has 1 aromatic rings. The molecule has 5 nitrogen and oxygen atoms in total. The molecule has 0 radical (unpaired) electrons. The van der Waals surface area contributed by atoms with E-state index >= 15 is 0 Å². The van der Waals surface area contributed by atoms with Gasteiger partial charge in [-0.15, -0.1) is 0 Å². The highest BCUT2D eigenvalue weighted by Crippen LogP contribution is 2.18. The van der Waals surface area contributed by atoms with Crippen molar-refractivity contribution < 1.29 is 9.84 Å². The first kappa shape index (κ1) is 10.3. The maximum atomic E-state index is 9.98. The lowest BCUT2D eigenvalue weighted by Crippen LogP contribution is -2.37. The fourth-order valence-corrected chi connectivity index (χ4v) is 1.51. The third-order valence-corrected chi connectivity index (χ3v) is 2.45. The predicted octanol–water partition coefficient (Wildman–Crippen LogP) is 0.348. The maximum absolute atomic E-state index is 9.98. The lowest BCUT2D eigenvalue weighted by molar-refractivity contribution is 0.0380. The van der Waals surface area contributed by atoms with Gasteiger partial charge in [-0.1, -0.05) is 0 Å². The van der Waals surface area contributed by atoms with Crippen LogP contribution in [0, 0.1) is 6.92 Å². The molecule has 0 saturated carbocycles. The minimum atomic E-state index is -0.771. The van der Waals surface area contributed by atoms with Crippen LogP contribution < -0.4 is 5.32 Å². The van der Waals surface area contributed by atoms with Crippen LogP contribution in [0.2, 0.25) is 0 Å². The minimum absolute atomic E-state index is 0.381. The first-order chi connectivity index (χ1) is 7.18. The van der Waals surface area contributed by atoms with Gasteiger partial charge in [0.2, 0.25) is 5.95 Å². The molecule has 1 aliphatic heterocycles. The van der Waals surface area contributed by atoms with E-state index in [1.165, 1.54) is 0 Å². The average Bonchev–Trinajstić information content (AvgIpc) is 2.63. The Labute approximate surface area is 88.5 Å². The Kier molecular flexibility index (Phi) is 2.83. The van der Waals surface area contributed by atoms with Gasteiger partial charge in [-0.2, -0.15) is 0 Å². The number of rotatable bonds is 3. The Bertz CT molecular complexity index is 337. The van der Waals surface area contributed by atoms with Crippen LogP contribution in [-0.4, -0.2) is 40.4 Å². The molecule has 1 saturated heterocycles. The highest BCUT2D eigenvalue weighted by molar-refractivity contribution is 5.25. The van der Waals surface area contributed by atoms with Crippen LogP contribution in [0.4, 0.5) is 5.95 Å². The number of aliphatic hydroxyl groups is 1. The van der Waals surface area contributed by atoms with Crippen LogP contribution in [0.1, 0.15) is 12.1 Å². The second kappa shape index (κ2) is 4.12. The highest BCUT2D eigenvalue weighted by Gasteiger charge is 2.32. The second-order valence-electron chi connectivity index (χ2n) is 3.90. The summed E-state index contributed by atoms with van der Waals surface area (Å²) in [5.41, 5.74) is 0.134. The molecule has 2 heterocycles. The van der Waals surface area contributed by atoms with Gasteiger partial charge in [0.15, 0.2) is 0 Å². The summed E-state index contributed by atoms with van der Waals surface area (Å²) in [5.74, 6) is 0.551. The largest absolute Gasteiger partial charge is 0.386 e. The number of nitrogens with one attached hydrogen (secondary N) is 1. The topological polar surface area (TPSA) is 67.3 Å². The van der Waals surface area contributed by atoms with E-state index in [0.717, 1.165) is 5.69 Å². The predicted molar refractivity (Wildman–Crippen MR) is 55.6 cm³/mol. The number of hydrogen-bond acceptors (Lipinski definition) is 5. The smallest absolute Gasteiger partial charge is 0.222 e. The van der Waals surface area contributed by atoms with Crippen molar-refractivity contribution in [1.82, 2.24) is 9.97 Å². The molecule has 0 amide bonds. The zero-order valence-corrected chi connectivity index (χ0v) is 8.73. The third-order valence-electron chi connectivity index (χ3n) is 2.45. The van der Waals surface area contributed by atoms with Gasteiger partial charge in [-0.3, -0.25) is 0 Å². The molecule has 1 unspecified atom stereocenters. The van der Waals surface area contributed by atoms with Crippen LogP contribution in [0.25, 0.3) is 0 Å². The number of aromatic nitrogens is 2. The van der Waals surface area contributed by atoms with Gasteiger partial charge in [0.25, 0.3) is 0 Å². The zero-order valence-electron chi connectivity index (χ0n) is 8.73. The molecule has 2 rings (SSSR count). The molecule has 0 bridgehead atoms. The van der Waals surface area contributed by atoms with Crippen molar-refractivity contribution in [1.29, 1.82) is 0 Å². The van der Waals surface area contributed by atoms with Crippen LogP contribution in [-0.2, 0) is 4.74 Å². The van der Waals surface area contributed by atoms with E-state index < -0.39 is 5.60 Å². The minimum Gasteiger partial charge on any atom is -0.386 e. The van der Waals surface area contributed by atoms with Crippen molar-refractivity contribution in [3.63, 3.8) is 0 Å². The van der Waals surface area contributed by atoms with E-state index in [2.05, 4.69) is 15.3 Å². The van der Waals surface area contributed by atoms with Crippen LogP contribution in [0.15, 0.2) is 12.3 Å². The number of hydrogen-bond donors (Lipinski definition) is 2. The quantitative estimate of drug-likeness (QED) is 0.751. The SMILES string of the molecule is Cc1ccnc(NCC2(O)CCOC2)n1. The number of ether oxygens (including phenoxy) is 1. The molecule has 0 aromatic carbocycles. The Balaban J connectivity index is 1.92. The van der Waals surface area contributed by atoms with E-state index in [-0.39, 0.29) is 0 Å². The summed E-state index contributed by atoms with van der Waals surface area (Å²) < 4.78 is 5.14. The first-order valence-corrected chi connectivity index (χ1v) is 5.02. The number of anilines is 1. The van der Waals surface area contributed by atoms with Crippen LogP contribution in [0.3, 0.4) is 0 Å². The number of nitrogens with zero attached hydrogens (tertiary/aromatic N) is 2. The third kappa shape index (κ3) is 2.64. The molecule has 1 aromatic heterocycles. The van der Waals surface area contributed by atoms with Crippen molar-refractivity contribution >= 4 is 5.95 Å². The van der Waals surface area contributed by atoms with Crippen molar-refractivity contribution in [3.8, 4) is 0 Å². The molecule has 2 N–H and O–H groups in total. The average molecular weight is 209 g/mol. The Morgan fingerprint density at radius 1 is 1.67 bits per heavy atom. The van der Waals surface area contributed by atoms with Gasteiger partial charge in [0, 0.05) is 31.5 Å². The summed E-state index contributed by atoms with van der Waals surface area (Å²) in [5, 5.41) is 13.0. The lowest BCUT2D eigenvalue weighted by atomic mass is 10.0. The molecule has 0 spiro atoms. The molecule has 1 atom stereocenters. The summed E-state index contributed by atoms with van der Waals surface area (Å²) in [6, 6.07) is 1.83. The van der Waals surface area contributed by atoms with E-state index in [9.17, 15) is 5.11 Å². The lowest BCUT2D eigenvalue weighted by Gasteiger charge is -2.20. The molecule has 5 heteroatoms. The Hall–Kier alpha value is -1.20. The van der Waals surface area contributed by atoms with Crippen molar-refractivity contribution in [3.05, 3.63) is 18.0 Å². The molecule has 15 heavy (non-hydrogen) atoms. The van der Waals surface area contributed by atoms with Crippen LogP contribution in [0.5, 0.6) is 0 Å². The normalized spacial score (nSPS) is 25.5. The van der Waals surface area contributed by atoms with Crippen LogP contribution >= 0.6 is 0 Å². The summed E-state index contributed by atoms with van der Waals surface area (Å²) in [6.07, 6.45) is 2.35. The number of aryl methyl sites for hydroxylation is 1. The van der Waals surface area contributed by atoms with E-state index in [1.54, 1.807) is 6.20 Å². The van der Waals surface area contributed by atoms with Crippen molar-refractivity contribution in [2.75, 3.05) is 25.1 Å². The first-order valence-electron chi connectivity index (χ1n) is 5.02. The second-order valence-corrected chi connectivity index (χ2v) is 3.90. The summed E-state index contributed by atoms with van der Waals surface area (Å²) in [6.45, 7) is 3.33. The van der Waals surface area contributed by atoms with Gasteiger partial charge in [-0.25, -0.2) is 9.97 Å². The van der Waals surface area contributed by atoms with Gasteiger partial charge >= 0.3 is 0 Å². The van der Waals surface area contributed by atoms with E-state index in [1.807, 2.05) is 13.0 Å². The maximum Gasteiger partial charge on any atom is 0.222 e. The van der Waals surface area contributed by atoms with Gasteiger partial charge in [0.1, 0.15) is 5.60 Å². The van der Waals surface area contributed by atoms with Crippen molar-refractivity contribution in [2.24, 2.45) is 0 Å². The fourth-order valence-electron chi connectivity index (χ4n) is 1.51. The van der Waals surface area contributed by atoms with Gasteiger partial charge in [-0.05, 0) is 13.0 Å². The molecular formula is C10H15N3O2. The van der Waals surface area contributed by atoms with Gasteiger partial charge in [0.05, 0.1) is 6.61 Å². The summed E-state index contributed by atoms with van der Waals surface area (Å²) >= 11 is 0. The zero-order chi connectivity index (χ0) is 10.7. The highest BCUT2D eigenvalue weighted by atomic mass is 16.5. The molecule has 82 valence electrons.